The van der Waals surface area contributed by atoms with Crippen molar-refractivity contribution in [3.05, 3.63) is 0 Å². The molecule has 0 aliphatic heterocycles. The highest BCUT2D eigenvalue weighted by molar-refractivity contribution is 7.80. The summed E-state index contributed by atoms with van der Waals surface area (Å²) in [7, 11) is 0. The van der Waals surface area contributed by atoms with E-state index in [1.54, 1.807) is 0 Å². The number of thiol groups is 1. The molecule has 1 aliphatic rings. The molecule has 0 saturated heterocycles. The van der Waals surface area contributed by atoms with Gasteiger partial charge in [-0.3, -0.25) is 0 Å². The molecule has 0 unspecified atom stereocenters. The minimum absolute atomic E-state index is 0. The van der Waals surface area contributed by atoms with Gasteiger partial charge in [0.1, 0.15) is 0 Å². The Morgan fingerprint density at radius 1 is 1.44 bits per heavy atom. The van der Waals surface area contributed by atoms with Gasteiger partial charge < -0.3 is 5.73 Å². The van der Waals surface area contributed by atoms with Crippen molar-refractivity contribution in [2.75, 3.05) is 5.75 Å². The summed E-state index contributed by atoms with van der Waals surface area (Å²) in [5.74, 6) is 1.83. The fraction of sp³-hybridized carbons (Fsp3) is 1.00. The lowest BCUT2D eigenvalue weighted by molar-refractivity contribution is 0.605. The molecule has 9 heavy (non-hydrogen) atoms. The lowest BCUT2D eigenvalue weighted by Gasteiger charge is -2.01. The Morgan fingerprint density at radius 2 is 2.11 bits per heavy atom. The van der Waals surface area contributed by atoms with E-state index in [9.17, 15) is 0 Å². The second-order valence-electron chi connectivity index (χ2n) is 2.62. The van der Waals surface area contributed by atoms with Crippen molar-refractivity contribution in [2.45, 2.75) is 25.3 Å². The zero-order chi connectivity index (χ0) is 5.98. The maximum absolute atomic E-state index is 5.67. The van der Waals surface area contributed by atoms with Crippen LogP contribution < -0.4 is 5.73 Å². The average molecular weight is 168 g/mol. The van der Waals surface area contributed by atoms with E-state index in [0.29, 0.717) is 6.04 Å². The van der Waals surface area contributed by atoms with E-state index in [4.69, 9.17) is 5.73 Å². The predicted molar refractivity (Wildman–Crippen MR) is 46.4 cm³/mol. The third kappa shape index (κ3) is 2.78. The summed E-state index contributed by atoms with van der Waals surface area (Å²) >= 11 is 4.20. The van der Waals surface area contributed by atoms with Gasteiger partial charge in [-0.25, -0.2) is 0 Å². The Hall–Kier alpha value is 0.600. The fourth-order valence-corrected chi connectivity index (χ4v) is 1.61. The molecule has 3 heteroatoms. The topological polar surface area (TPSA) is 26.0 Å². The SMILES string of the molecule is Cl.N[C@@H]1CC[C@H](CS)C1. The molecule has 1 fully saturated rings. The molecular formula is C6H14ClNS. The smallest absolute Gasteiger partial charge is 0.00418 e. The highest BCUT2D eigenvalue weighted by atomic mass is 35.5. The van der Waals surface area contributed by atoms with Crippen molar-refractivity contribution in [3.63, 3.8) is 0 Å². The Morgan fingerprint density at radius 3 is 2.33 bits per heavy atom. The maximum atomic E-state index is 5.67. The van der Waals surface area contributed by atoms with Crippen LogP contribution in [0.3, 0.4) is 0 Å². The molecule has 2 atom stereocenters. The van der Waals surface area contributed by atoms with Crippen LogP contribution in [0.5, 0.6) is 0 Å². The highest BCUT2D eigenvalue weighted by Gasteiger charge is 2.19. The quantitative estimate of drug-likeness (QED) is 0.569. The highest BCUT2D eigenvalue weighted by Crippen LogP contribution is 2.24. The van der Waals surface area contributed by atoms with Gasteiger partial charge in [-0.05, 0) is 30.9 Å². The van der Waals surface area contributed by atoms with Gasteiger partial charge in [0.25, 0.3) is 0 Å². The van der Waals surface area contributed by atoms with Crippen LogP contribution in [0.4, 0.5) is 0 Å². The van der Waals surface area contributed by atoms with E-state index in [0.717, 1.165) is 11.7 Å². The largest absolute Gasteiger partial charge is 0.328 e. The first-order chi connectivity index (χ1) is 3.83. The van der Waals surface area contributed by atoms with Crippen molar-refractivity contribution in [3.8, 4) is 0 Å². The summed E-state index contributed by atoms with van der Waals surface area (Å²) in [6, 6.07) is 0.479. The van der Waals surface area contributed by atoms with Crippen molar-refractivity contribution in [2.24, 2.45) is 11.7 Å². The molecule has 0 bridgehead atoms. The molecule has 1 aliphatic carbocycles. The molecule has 0 amide bonds. The molecule has 0 radical (unpaired) electrons. The third-order valence-electron chi connectivity index (χ3n) is 1.84. The summed E-state index contributed by atoms with van der Waals surface area (Å²) in [6.07, 6.45) is 3.71. The molecule has 56 valence electrons. The summed E-state index contributed by atoms with van der Waals surface area (Å²) in [4.78, 5) is 0. The normalized spacial score (nSPS) is 34.0. The van der Waals surface area contributed by atoms with Gasteiger partial charge in [0.15, 0.2) is 0 Å². The van der Waals surface area contributed by atoms with Gasteiger partial charge in [0.05, 0.1) is 0 Å². The zero-order valence-electron chi connectivity index (χ0n) is 5.42. The lowest BCUT2D eigenvalue weighted by atomic mass is 10.1. The molecular weight excluding hydrogens is 154 g/mol. The summed E-state index contributed by atoms with van der Waals surface area (Å²) in [6.45, 7) is 0. The third-order valence-corrected chi connectivity index (χ3v) is 2.36. The maximum Gasteiger partial charge on any atom is 0.00418 e. The standard InChI is InChI=1S/C6H13NS.ClH/c7-6-2-1-5(3-6)4-8;/h5-6,8H,1-4,7H2;1H/t5-,6+;/m0./s1. The summed E-state index contributed by atoms with van der Waals surface area (Å²) in [5.41, 5.74) is 5.67. The van der Waals surface area contributed by atoms with Crippen molar-refractivity contribution in [1.82, 2.24) is 0 Å². The van der Waals surface area contributed by atoms with Gasteiger partial charge in [0.2, 0.25) is 0 Å². The number of rotatable bonds is 1. The van der Waals surface area contributed by atoms with E-state index in [1.165, 1.54) is 19.3 Å². The van der Waals surface area contributed by atoms with E-state index >= 15 is 0 Å². The first kappa shape index (κ1) is 9.60. The van der Waals surface area contributed by atoms with Crippen LogP contribution in [-0.2, 0) is 0 Å². The van der Waals surface area contributed by atoms with Crippen LogP contribution in [0.15, 0.2) is 0 Å². The number of nitrogens with two attached hydrogens (primary N) is 1. The van der Waals surface area contributed by atoms with Gasteiger partial charge in [-0.1, -0.05) is 0 Å². The molecule has 0 heterocycles. The monoisotopic (exact) mass is 167 g/mol. The first-order valence-electron chi connectivity index (χ1n) is 3.19. The van der Waals surface area contributed by atoms with E-state index < -0.39 is 0 Å². The van der Waals surface area contributed by atoms with Crippen molar-refractivity contribution >= 4 is 25.0 Å². The number of hydrogen-bond donors (Lipinski definition) is 2. The molecule has 2 N–H and O–H groups in total. The van der Waals surface area contributed by atoms with Gasteiger partial charge in [-0.15, -0.1) is 12.4 Å². The minimum Gasteiger partial charge on any atom is -0.328 e. The molecule has 0 aromatic carbocycles. The molecule has 0 aromatic rings. The summed E-state index contributed by atoms with van der Waals surface area (Å²) in [5, 5.41) is 0. The molecule has 0 spiro atoms. The van der Waals surface area contributed by atoms with Crippen LogP contribution in [-0.4, -0.2) is 11.8 Å². The lowest BCUT2D eigenvalue weighted by Crippen LogP contribution is -2.14. The van der Waals surface area contributed by atoms with E-state index in [-0.39, 0.29) is 12.4 Å². The van der Waals surface area contributed by atoms with Crippen LogP contribution >= 0.6 is 25.0 Å². The Balaban J connectivity index is 0.000000640. The molecule has 1 saturated carbocycles. The van der Waals surface area contributed by atoms with E-state index in [1.807, 2.05) is 0 Å². The number of halogens is 1. The zero-order valence-corrected chi connectivity index (χ0v) is 7.13. The van der Waals surface area contributed by atoms with Gasteiger partial charge in [-0.2, -0.15) is 12.6 Å². The van der Waals surface area contributed by atoms with Crippen molar-refractivity contribution in [1.29, 1.82) is 0 Å². The second kappa shape index (κ2) is 4.42. The fourth-order valence-electron chi connectivity index (χ4n) is 1.28. The Bertz CT molecular complexity index is 79.5. The minimum atomic E-state index is 0. The molecule has 1 rings (SSSR count). The molecule has 1 nitrogen and oxygen atoms in total. The Kier molecular flexibility index (Phi) is 4.72. The molecule has 0 aromatic heterocycles. The van der Waals surface area contributed by atoms with Crippen LogP contribution in [0.1, 0.15) is 19.3 Å². The predicted octanol–water partition coefficient (Wildman–Crippen LogP) is 1.47. The van der Waals surface area contributed by atoms with E-state index in [2.05, 4.69) is 12.6 Å². The average Bonchev–Trinajstić information content (AvgIpc) is 2.14. The first-order valence-corrected chi connectivity index (χ1v) is 3.82. The Labute approximate surface area is 68.2 Å². The van der Waals surface area contributed by atoms with Crippen LogP contribution in [0.25, 0.3) is 0 Å². The second-order valence-corrected chi connectivity index (χ2v) is 2.99. The van der Waals surface area contributed by atoms with Crippen LogP contribution in [0, 0.1) is 5.92 Å². The summed E-state index contributed by atoms with van der Waals surface area (Å²) < 4.78 is 0. The van der Waals surface area contributed by atoms with Gasteiger partial charge in [0, 0.05) is 6.04 Å². The van der Waals surface area contributed by atoms with Crippen LogP contribution in [0.2, 0.25) is 0 Å². The van der Waals surface area contributed by atoms with Gasteiger partial charge >= 0.3 is 0 Å². The van der Waals surface area contributed by atoms with Crippen molar-refractivity contribution < 1.29 is 0 Å². The number of hydrogen-bond acceptors (Lipinski definition) is 2.